The summed E-state index contributed by atoms with van der Waals surface area (Å²) >= 11 is 0. The molecule has 0 unspecified atom stereocenters. The van der Waals surface area contributed by atoms with Gasteiger partial charge in [-0.2, -0.15) is 20.2 Å². The molecule has 4 rings (SSSR count). The highest BCUT2D eigenvalue weighted by Crippen LogP contribution is 2.21. The Balaban J connectivity index is 1.59. The zero-order valence-electron chi connectivity index (χ0n) is 24.1. The van der Waals surface area contributed by atoms with Crippen molar-refractivity contribution in [3.8, 4) is 0 Å². The molecule has 230 valence electrons. The SMILES string of the molecule is CNS(=O)(=O)c1ccc(C(C)=NNc2cc(NN=C(C)c3ccc(S(=O)(=O)NC)cc3)nc(Nc3ccccc3F)n2)cc1. The summed E-state index contributed by atoms with van der Waals surface area (Å²) in [5.74, 6) is 0.0276. The van der Waals surface area contributed by atoms with Gasteiger partial charge in [0.15, 0.2) is 11.6 Å². The number of hydrazone groups is 2. The van der Waals surface area contributed by atoms with E-state index in [0.29, 0.717) is 22.6 Å². The molecule has 0 aliphatic rings. The van der Waals surface area contributed by atoms with Crippen LogP contribution >= 0.6 is 0 Å². The molecule has 0 fully saturated rings. The Hall–Kier alpha value is -4.77. The quantitative estimate of drug-likeness (QED) is 0.114. The van der Waals surface area contributed by atoms with Crippen LogP contribution in [0.1, 0.15) is 25.0 Å². The number of hydrogen-bond donors (Lipinski definition) is 5. The highest BCUT2D eigenvalue weighted by Gasteiger charge is 2.13. The number of benzene rings is 3. The van der Waals surface area contributed by atoms with E-state index in [0.717, 1.165) is 0 Å². The van der Waals surface area contributed by atoms with Gasteiger partial charge in [0.2, 0.25) is 26.0 Å². The van der Waals surface area contributed by atoms with Crippen LogP contribution in [0.15, 0.2) is 98.9 Å². The van der Waals surface area contributed by atoms with Crippen molar-refractivity contribution in [1.82, 2.24) is 19.4 Å². The van der Waals surface area contributed by atoms with Crippen molar-refractivity contribution in [1.29, 1.82) is 0 Å². The Bertz CT molecular complexity index is 1800. The van der Waals surface area contributed by atoms with Gasteiger partial charge in [0, 0.05) is 6.07 Å². The van der Waals surface area contributed by atoms with E-state index in [1.807, 2.05) is 0 Å². The fourth-order valence-corrected chi connectivity index (χ4v) is 5.16. The summed E-state index contributed by atoms with van der Waals surface area (Å²) in [4.78, 5) is 8.99. The molecule has 0 spiro atoms. The van der Waals surface area contributed by atoms with Crippen LogP contribution in [0.3, 0.4) is 0 Å². The molecule has 0 amide bonds. The lowest BCUT2D eigenvalue weighted by Gasteiger charge is -2.11. The molecule has 0 saturated carbocycles. The number of aromatic nitrogens is 2. The minimum absolute atomic E-state index is 0.0477. The minimum Gasteiger partial charge on any atom is -0.322 e. The van der Waals surface area contributed by atoms with Crippen molar-refractivity contribution in [3.05, 3.63) is 95.8 Å². The van der Waals surface area contributed by atoms with Gasteiger partial charge in [-0.1, -0.05) is 36.4 Å². The Morgan fingerprint density at radius 2 is 1.11 bits per heavy atom. The first kappa shape index (κ1) is 32.2. The smallest absolute Gasteiger partial charge is 0.240 e. The van der Waals surface area contributed by atoms with Crippen LogP contribution in [0.5, 0.6) is 0 Å². The highest BCUT2D eigenvalue weighted by molar-refractivity contribution is 7.89. The van der Waals surface area contributed by atoms with Crippen LogP contribution in [-0.2, 0) is 20.0 Å². The first-order valence-corrected chi connectivity index (χ1v) is 16.0. The summed E-state index contributed by atoms with van der Waals surface area (Å²) < 4.78 is 66.9. The second kappa shape index (κ2) is 13.7. The van der Waals surface area contributed by atoms with Gasteiger partial charge in [-0.3, -0.25) is 10.9 Å². The van der Waals surface area contributed by atoms with E-state index in [-0.39, 0.29) is 33.1 Å². The molecule has 0 atom stereocenters. The number of para-hydroxylation sites is 1. The van der Waals surface area contributed by atoms with Gasteiger partial charge in [0.1, 0.15) is 5.82 Å². The molecule has 3 aromatic carbocycles. The molecule has 4 aromatic rings. The molecule has 1 heterocycles. The Kier molecular flexibility index (Phi) is 10.00. The Morgan fingerprint density at radius 3 is 1.52 bits per heavy atom. The maximum Gasteiger partial charge on any atom is 0.240 e. The summed E-state index contributed by atoms with van der Waals surface area (Å²) in [7, 11) is -4.47. The molecule has 44 heavy (non-hydrogen) atoms. The fourth-order valence-electron chi connectivity index (χ4n) is 3.70. The average molecular weight is 640 g/mol. The predicted molar refractivity (Wildman–Crippen MR) is 169 cm³/mol. The highest BCUT2D eigenvalue weighted by atomic mass is 32.2. The van der Waals surface area contributed by atoms with Gasteiger partial charge in [-0.15, -0.1) is 0 Å². The van der Waals surface area contributed by atoms with Crippen LogP contribution in [0.25, 0.3) is 0 Å². The number of rotatable bonds is 12. The number of nitrogens with zero attached hydrogens (tertiary/aromatic N) is 4. The molecule has 0 radical (unpaired) electrons. The van der Waals surface area contributed by atoms with Gasteiger partial charge in [0.25, 0.3) is 0 Å². The van der Waals surface area contributed by atoms with Gasteiger partial charge in [0.05, 0.1) is 26.9 Å². The van der Waals surface area contributed by atoms with E-state index in [4.69, 9.17) is 0 Å². The molecule has 1 aromatic heterocycles. The first-order valence-electron chi connectivity index (χ1n) is 13.0. The molecule has 0 saturated heterocycles. The van der Waals surface area contributed by atoms with Gasteiger partial charge in [-0.25, -0.2) is 30.7 Å². The van der Waals surface area contributed by atoms with Gasteiger partial charge in [-0.05, 0) is 75.5 Å². The molecule has 0 aliphatic heterocycles. The zero-order valence-corrected chi connectivity index (χ0v) is 25.8. The van der Waals surface area contributed by atoms with Crippen LogP contribution < -0.4 is 25.6 Å². The van der Waals surface area contributed by atoms with Crippen molar-refractivity contribution < 1.29 is 21.2 Å². The van der Waals surface area contributed by atoms with Crippen molar-refractivity contribution in [2.45, 2.75) is 23.6 Å². The molecule has 0 bridgehead atoms. The largest absolute Gasteiger partial charge is 0.322 e. The third-order valence-electron chi connectivity index (χ3n) is 6.23. The predicted octanol–water partition coefficient (Wildman–Crippen LogP) is 3.85. The fraction of sp³-hybridized carbons (Fsp3) is 0.143. The molecule has 16 heteroatoms. The molecule has 13 nitrogen and oxygen atoms in total. The Labute approximate surface area is 254 Å². The van der Waals surface area contributed by atoms with Crippen molar-refractivity contribution in [3.63, 3.8) is 0 Å². The molecule has 0 aliphatic carbocycles. The number of nitrogens with one attached hydrogen (secondary N) is 5. The number of hydrogen-bond acceptors (Lipinski definition) is 11. The van der Waals surface area contributed by atoms with Crippen molar-refractivity contribution >= 4 is 54.7 Å². The summed E-state index contributed by atoms with van der Waals surface area (Å²) in [6, 6.07) is 20.0. The van der Waals surface area contributed by atoms with Crippen molar-refractivity contribution in [2.75, 3.05) is 30.3 Å². The lowest BCUT2D eigenvalue weighted by molar-refractivity contribution is 0.586. The van der Waals surface area contributed by atoms with Gasteiger partial charge < -0.3 is 5.32 Å². The lowest BCUT2D eigenvalue weighted by Crippen LogP contribution is -2.18. The second-order valence-electron chi connectivity index (χ2n) is 9.15. The molecular weight excluding hydrogens is 609 g/mol. The lowest BCUT2D eigenvalue weighted by atomic mass is 10.1. The van der Waals surface area contributed by atoms with E-state index in [2.05, 4.69) is 45.8 Å². The normalized spacial score (nSPS) is 12.6. The molecule has 5 N–H and O–H groups in total. The summed E-state index contributed by atoms with van der Waals surface area (Å²) in [6.07, 6.45) is 0. The second-order valence-corrected chi connectivity index (χ2v) is 12.9. The summed E-state index contributed by atoms with van der Waals surface area (Å²) in [5.41, 5.74) is 8.25. The van der Waals surface area contributed by atoms with E-state index < -0.39 is 25.9 Å². The van der Waals surface area contributed by atoms with Crippen LogP contribution in [0.2, 0.25) is 0 Å². The van der Waals surface area contributed by atoms with Crippen molar-refractivity contribution in [2.24, 2.45) is 10.2 Å². The average Bonchev–Trinajstić information content (AvgIpc) is 3.03. The van der Waals surface area contributed by atoms with Crippen LogP contribution in [-0.4, -0.2) is 52.3 Å². The van der Waals surface area contributed by atoms with E-state index in [1.165, 1.54) is 56.6 Å². The van der Waals surface area contributed by atoms with E-state index in [9.17, 15) is 21.2 Å². The maximum atomic E-state index is 14.3. The topological polar surface area (TPSA) is 179 Å². The van der Waals surface area contributed by atoms with Crippen LogP contribution in [0.4, 0.5) is 27.7 Å². The monoisotopic (exact) mass is 639 g/mol. The minimum atomic E-state index is -3.57. The van der Waals surface area contributed by atoms with E-state index >= 15 is 0 Å². The third kappa shape index (κ3) is 7.99. The van der Waals surface area contributed by atoms with Crippen LogP contribution in [0, 0.1) is 5.82 Å². The molecular formula is C28H30FN9O4S2. The maximum absolute atomic E-state index is 14.3. The van der Waals surface area contributed by atoms with E-state index in [1.54, 1.807) is 50.2 Å². The first-order chi connectivity index (χ1) is 20.9. The van der Waals surface area contributed by atoms with Gasteiger partial charge >= 0.3 is 0 Å². The number of anilines is 4. The number of halogens is 1. The number of sulfonamides is 2. The zero-order chi connectivity index (χ0) is 31.9. The Morgan fingerprint density at radius 1 is 0.682 bits per heavy atom. The third-order valence-corrected chi connectivity index (χ3v) is 9.09. The summed E-state index contributed by atoms with van der Waals surface area (Å²) in [5, 5.41) is 11.5. The standard InChI is InChI=1S/C28H30FN9O4S2/c1-18(20-9-13-22(14-10-20)43(39,40)30-3)35-37-26-17-27(34-28(33-26)32-25-8-6-5-7-24(25)29)38-36-19(2)21-11-15-23(16-12-21)44(41,42)31-4/h5-17,30-31H,1-4H3,(H3,32,33,34,37,38). The summed E-state index contributed by atoms with van der Waals surface area (Å²) in [6.45, 7) is 3.46.